The molecular formula is C11H14N2O3. The monoisotopic (exact) mass is 222 g/mol. The molecule has 1 aliphatic carbocycles. The number of carbonyl (C=O) groups excluding carboxylic acids is 1. The lowest BCUT2D eigenvalue weighted by atomic mass is 10.1. The smallest absolute Gasteiger partial charge is 0.245 e. The number of fused-ring (bicyclic) bond motifs is 1. The van der Waals surface area contributed by atoms with E-state index in [4.69, 9.17) is 10.6 Å². The summed E-state index contributed by atoms with van der Waals surface area (Å²) >= 11 is 0. The number of hydrogen-bond acceptors (Lipinski definition) is 4. The lowest BCUT2D eigenvalue weighted by Gasteiger charge is -2.12. The molecule has 1 aromatic carbocycles. The molecule has 16 heavy (non-hydrogen) atoms. The standard InChI is InChI=1S/C11H14N2O3/c12-11(15)6-16-13-10-4-1-7-5-8(14)2-3-9(7)10/h2-3,5,10,13-14H,1,4,6H2,(H2,12,15). The molecule has 0 bridgehead atoms. The Morgan fingerprint density at radius 3 is 3.19 bits per heavy atom. The van der Waals surface area contributed by atoms with Crippen LogP contribution in [0.15, 0.2) is 18.2 Å². The number of phenols is 1. The summed E-state index contributed by atoms with van der Waals surface area (Å²) in [6.07, 6.45) is 1.78. The van der Waals surface area contributed by atoms with Crippen LogP contribution in [0.25, 0.3) is 0 Å². The van der Waals surface area contributed by atoms with Gasteiger partial charge < -0.3 is 10.8 Å². The van der Waals surface area contributed by atoms with Gasteiger partial charge in [0.15, 0.2) is 0 Å². The SMILES string of the molecule is NC(=O)CONC1CCc2cc(O)ccc21. The fraction of sp³-hybridized carbons (Fsp3) is 0.364. The predicted octanol–water partition coefficient (Wildman–Crippen LogP) is 0.386. The van der Waals surface area contributed by atoms with Crippen molar-refractivity contribution in [3.8, 4) is 5.75 Å². The van der Waals surface area contributed by atoms with Gasteiger partial charge in [-0.1, -0.05) is 6.07 Å². The molecule has 86 valence electrons. The van der Waals surface area contributed by atoms with Gasteiger partial charge in [0, 0.05) is 0 Å². The van der Waals surface area contributed by atoms with Gasteiger partial charge in [-0.05, 0) is 36.1 Å². The summed E-state index contributed by atoms with van der Waals surface area (Å²) < 4.78 is 0. The zero-order valence-corrected chi connectivity index (χ0v) is 8.77. The van der Waals surface area contributed by atoms with Crippen LogP contribution in [-0.2, 0) is 16.1 Å². The molecule has 0 heterocycles. The van der Waals surface area contributed by atoms with Crippen LogP contribution in [0.1, 0.15) is 23.6 Å². The first-order valence-electron chi connectivity index (χ1n) is 5.14. The third kappa shape index (κ3) is 2.32. The number of hydrogen-bond donors (Lipinski definition) is 3. The molecule has 1 amide bonds. The van der Waals surface area contributed by atoms with Crippen LogP contribution in [-0.4, -0.2) is 17.6 Å². The number of benzene rings is 1. The average molecular weight is 222 g/mol. The first-order valence-corrected chi connectivity index (χ1v) is 5.14. The number of primary amides is 1. The Morgan fingerprint density at radius 1 is 1.62 bits per heavy atom. The van der Waals surface area contributed by atoms with Gasteiger partial charge in [-0.25, -0.2) is 0 Å². The van der Waals surface area contributed by atoms with E-state index in [2.05, 4.69) is 5.48 Å². The minimum atomic E-state index is -0.503. The molecular weight excluding hydrogens is 208 g/mol. The van der Waals surface area contributed by atoms with Gasteiger partial charge in [-0.15, -0.1) is 0 Å². The molecule has 5 nitrogen and oxygen atoms in total. The fourth-order valence-corrected chi connectivity index (χ4v) is 1.94. The maximum Gasteiger partial charge on any atom is 0.245 e. The number of carbonyl (C=O) groups is 1. The van der Waals surface area contributed by atoms with E-state index in [9.17, 15) is 9.90 Å². The molecule has 0 saturated carbocycles. The van der Waals surface area contributed by atoms with Gasteiger partial charge in [0.1, 0.15) is 12.4 Å². The minimum Gasteiger partial charge on any atom is -0.508 e. The minimum absolute atomic E-state index is 0.0648. The highest BCUT2D eigenvalue weighted by Gasteiger charge is 2.22. The Morgan fingerprint density at radius 2 is 2.44 bits per heavy atom. The highest BCUT2D eigenvalue weighted by atomic mass is 16.6. The van der Waals surface area contributed by atoms with E-state index >= 15 is 0 Å². The second-order valence-electron chi connectivity index (χ2n) is 3.85. The molecule has 0 saturated heterocycles. The van der Waals surface area contributed by atoms with Crippen LogP contribution in [0.3, 0.4) is 0 Å². The lowest BCUT2D eigenvalue weighted by molar-refractivity contribution is -0.126. The van der Waals surface area contributed by atoms with Crippen molar-refractivity contribution in [2.75, 3.05) is 6.61 Å². The molecule has 0 spiro atoms. The molecule has 5 heteroatoms. The topological polar surface area (TPSA) is 84.6 Å². The first-order chi connectivity index (χ1) is 7.66. The highest BCUT2D eigenvalue weighted by Crippen LogP contribution is 2.32. The van der Waals surface area contributed by atoms with Crippen LogP contribution < -0.4 is 11.2 Å². The van der Waals surface area contributed by atoms with Gasteiger partial charge in [0.2, 0.25) is 5.91 Å². The number of aryl methyl sites for hydroxylation is 1. The highest BCUT2D eigenvalue weighted by molar-refractivity contribution is 5.74. The van der Waals surface area contributed by atoms with Crippen molar-refractivity contribution in [3.63, 3.8) is 0 Å². The quantitative estimate of drug-likeness (QED) is 0.643. The van der Waals surface area contributed by atoms with Crippen LogP contribution in [0.5, 0.6) is 5.75 Å². The molecule has 1 aliphatic rings. The maximum absolute atomic E-state index is 10.5. The number of nitrogens with two attached hydrogens (primary N) is 1. The molecule has 1 unspecified atom stereocenters. The van der Waals surface area contributed by atoms with Gasteiger partial charge in [-0.3, -0.25) is 9.63 Å². The Labute approximate surface area is 93.2 Å². The Kier molecular flexibility index (Phi) is 3.07. The summed E-state index contributed by atoms with van der Waals surface area (Å²) in [6, 6.07) is 5.33. The zero-order valence-electron chi connectivity index (χ0n) is 8.77. The van der Waals surface area contributed by atoms with Crippen LogP contribution in [0.4, 0.5) is 0 Å². The van der Waals surface area contributed by atoms with Crippen molar-refractivity contribution in [2.24, 2.45) is 5.73 Å². The Bertz CT molecular complexity index is 406. The third-order valence-corrected chi connectivity index (χ3v) is 2.64. The molecule has 0 aromatic heterocycles. The summed E-state index contributed by atoms with van der Waals surface area (Å²) in [5, 5.41) is 9.32. The molecule has 1 atom stereocenters. The summed E-state index contributed by atoms with van der Waals surface area (Å²) in [4.78, 5) is 15.5. The van der Waals surface area contributed by atoms with E-state index in [0.29, 0.717) is 0 Å². The van der Waals surface area contributed by atoms with Gasteiger partial charge >= 0.3 is 0 Å². The first kappa shape index (κ1) is 10.9. The van der Waals surface area contributed by atoms with Crippen LogP contribution in [0, 0.1) is 0 Å². The molecule has 4 N–H and O–H groups in total. The normalized spacial score (nSPS) is 18.4. The molecule has 1 aromatic rings. The molecule has 2 rings (SSSR count). The van der Waals surface area contributed by atoms with E-state index < -0.39 is 5.91 Å². The predicted molar refractivity (Wildman–Crippen MR) is 57.5 cm³/mol. The summed E-state index contributed by atoms with van der Waals surface area (Å²) in [5.74, 6) is -0.228. The second-order valence-corrected chi connectivity index (χ2v) is 3.85. The number of aromatic hydroxyl groups is 1. The molecule has 0 fully saturated rings. The summed E-state index contributed by atoms with van der Waals surface area (Å²) in [6.45, 7) is -0.135. The number of phenolic OH excluding ortho intramolecular Hbond substituents is 1. The van der Waals surface area contributed by atoms with E-state index in [1.54, 1.807) is 12.1 Å². The third-order valence-electron chi connectivity index (χ3n) is 2.64. The van der Waals surface area contributed by atoms with Crippen molar-refractivity contribution in [2.45, 2.75) is 18.9 Å². The molecule has 0 radical (unpaired) electrons. The number of amides is 1. The summed E-state index contributed by atoms with van der Waals surface area (Å²) in [5.41, 5.74) is 9.97. The van der Waals surface area contributed by atoms with Crippen molar-refractivity contribution in [1.29, 1.82) is 0 Å². The van der Waals surface area contributed by atoms with Gasteiger partial charge in [-0.2, -0.15) is 5.48 Å². The number of hydroxylamine groups is 1. The summed E-state index contributed by atoms with van der Waals surface area (Å²) in [7, 11) is 0. The Hall–Kier alpha value is -1.59. The van der Waals surface area contributed by atoms with Crippen molar-refractivity contribution >= 4 is 5.91 Å². The Balaban J connectivity index is 1.98. The van der Waals surface area contributed by atoms with Crippen molar-refractivity contribution < 1.29 is 14.7 Å². The largest absolute Gasteiger partial charge is 0.508 e. The van der Waals surface area contributed by atoms with E-state index in [-0.39, 0.29) is 18.4 Å². The zero-order chi connectivity index (χ0) is 11.5. The van der Waals surface area contributed by atoms with Crippen molar-refractivity contribution in [1.82, 2.24) is 5.48 Å². The van der Waals surface area contributed by atoms with E-state index in [0.717, 1.165) is 24.0 Å². The van der Waals surface area contributed by atoms with Gasteiger partial charge in [0.05, 0.1) is 6.04 Å². The molecule has 0 aliphatic heterocycles. The van der Waals surface area contributed by atoms with Crippen LogP contribution in [0.2, 0.25) is 0 Å². The van der Waals surface area contributed by atoms with Crippen molar-refractivity contribution in [3.05, 3.63) is 29.3 Å². The second kappa shape index (κ2) is 4.51. The van der Waals surface area contributed by atoms with E-state index in [1.807, 2.05) is 6.07 Å². The lowest BCUT2D eigenvalue weighted by Crippen LogP contribution is -2.27. The van der Waals surface area contributed by atoms with Gasteiger partial charge in [0.25, 0.3) is 0 Å². The maximum atomic E-state index is 10.5. The average Bonchev–Trinajstić information content (AvgIpc) is 2.60. The number of rotatable bonds is 4. The number of nitrogens with one attached hydrogen (secondary N) is 1. The van der Waals surface area contributed by atoms with Crippen LogP contribution >= 0.6 is 0 Å². The van der Waals surface area contributed by atoms with E-state index in [1.165, 1.54) is 0 Å². The fourth-order valence-electron chi connectivity index (χ4n) is 1.94.